The topological polar surface area (TPSA) is 154 Å². The quantitative estimate of drug-likeness (QED) is 0.346. The zero-order chi connectivity index (χ0) is 13.2. The highest BCUT2D eigenvalue weighted by molar-refractivity contribution is 7.81. The molecule has 0 radical (unpaired) electrons. The number of hydrogen-bond acceptors (Lipinski definition) is 9. The number of aliphatic hydroxyl groups is 5. The summed E-state index contributed by atoms with van der Waals surface area (Å²) in [7, 11) is -4.35. The molecule has 1 saturated heterocycles. The Kier molecular flexibility index (Phi) is 4.80. The summed E-state index contributed by atoms with van der Waals surface area (Å²) in [5.74, 6) is 0. The summed E-state index contributed by atoms with van der Waals surface area (Å²) < 4.78 is 30.2. The van der Waals surface area contributed by atoms with Crippen LogP contribution >= 0.6 is 0 Å². The van der Waals surface area contributed by atoms with E-state index in [2.05, 4.69) is 8.37 Å². The third-order valence-electron chi connectivity index (χ3n) is 2.26. The zero-order valence-corrected chi connectivity index (χ0v) is 9.39. The summed E-state index contributed by atoms with van der Waals surface area (Å²) in [6, 6.07) is 0. The number of hydrogen-bond donors (Lipinski definition) is 5. The van der Waals surface area contributed by atoms with Crippen molar-refractivity contribution in [3.8, 4) is 0 Å². The largest absolute Gasteiger partial charge is 0.400 e. The molecule has 0 bridgehead atoms. The maximum absolute atomic E-state index is 10.9. The minimum Gasteiger partial charge on any atom is -0.394 e. The molecule has 17 heavy (non-hydrogen) atoms. The first-order valence-electron chi connectivity index (χ1n) is 4.69. The molecule has 5 atom stereocenters. The van der Waals surface area contributed by atoms with E-state index in [-0.39, 0.29) is 0 Å². The summed E-state index contributed by atoms with van der Waals surface area (Å²) in [5, 5.41) is 45.8. The van der Waals surface area contributed by atoms with E-state index in [9.17, 15) is 23.7 Å². The molecule has 5 N–H and O–H groups in total. The Morgan fingerprint density at radius 1 is 1.29 bits per heavy atom. The van der Waals surface area contributed by atoms with Crippen molar-refractivity contribution in [2.75, 3.05) is 13.2 Å². The van der Waals surface area contributed by atoms with Crippen LogP contribution in [0.1, 0.15) is 0 Å². The van der Waals surface area contributed by atoms with E-state index >= 15 is 0 Å². The van der Waals surface area contributed by atoms with Crippen molar-refractivity contribution in [3.05, 3.63) is 0 Å². The second kappa shape index (κ2) is 5.54. The summed E-state index contributed by atoms with van der Waals surface area (Å²) in [6.07, 6.45) is -8.62. The normalized spacial score (nSPS) is 33.9. The molecule has 10 heteroatoms. The number of aliphatic hydroxyl groups excluding tert-OH is 5. The highest BCUT2D eigenvalue weighted by Gasteiger charge is 2.42. The van der Waals surface area contributed by atoms with Crippen LogP contribution in [0, 0.1) is 0 Å². The van der Waals surface area contributed by atoms with E-state index in [4.69, 9.17) is 10.2 Å². The summed E-state index contributed by atoms with van der Waals surface area (Å²) in [4.78, 5) is 0. The van der Waals surface area contributed by atoms with Gasteiger partial charge in [0, 0.05) is 0 Å². The average Bonchev–Trinajstić information content (AvgIpc) is 2.29. The minimum absolute atomic E-state index is 0.633. The first-order valence-corrected chi connectivity index (χ1v) is 6.02. The third-order valence-corrected chi connectivity index (χ3v) is 3.14. The van der Waals surface area contributed by atoms with Gasteiger partial charge in [-0.2, -0.15) is 8.42 Å². The zero-order valence-electron chi connectivity index (χ0n) is 8.58. The molecular weight excluding hydrogens is 260 g/mol. The lowest BCUT2D eigenvalue weighted by molar-refractivity contribution is -0.148. The fraction of sp³-hybridized carbons (Fsp3) is 1.00. The predicted molar refractivity (Wildman–Crippen MR) is 50.9 cm³/mol. The molecule has 1 heterocycles. The van der Waals surface area contributed by atoms with Crippen molar-refractivity contribution < 1.29 is 42.3 Å². The van der Waals surface area contributed by atoms with Gasteiger partial charge in [0.25, 0.3) is 0 Å². The average molecular weight is 274 g/mol. The highest BCUT2D eigenvalue weighted by Crippen LogP contribution is 2.20. The molecule has 1 rings (SSSR count). The molecule has 9 nitrogen and oxygen atoms in total. The number of rotatable bonds is 4. The van der Waals surface area contributed by atoms with Gasteiger partial charge in [-0.25, -0.2) is 8.37 Å². The van der Waals surface area contributed by atoms with Gasteiger partial charge < -0.3 is 25.5 Å². The molecule has 0 aromatic rings. The molecule has 1 aliphatic rings. The fourth-order valence-corrected chi connectivity index (χ4v) is 2.17. The van der Waals surface area contributed by atoms with Crippen molar-refractivity contribution in [1.82, 2.24) is 0 Å². The van der Waals surface area contributed by atoms with Crippen molar-refractivity contribution in [1.29, 1.82) is 0 Å². The second-order valence-corrected chi connectivity index (χ2v) is 4.80. The van der Waals surface area contributed by atoms with Gasteiger partial charge in [0.1, 0.15) is 30.5 Å². The van der Waals surface area contributed by atoms with E-state index in [1.54, 1.807) is 0 Å². The lowest BCUT2D eigenvalue weighted by Gasteiger charge is -2.33. The molecule has 0 amide bonds. The van der Waals surface area contributed by atoms with Crippen LogP contribution in [0.15, 0.2) is 0 Å². The SMILES string of the molecule is O=S1(=O)OC[C@@H](O)[C@@H]([C@@H](O)C(O)C(O)CO)O1. The van der Waals surface area contributed by atoms with E-state index < -0.39 is 54.1 Å². The molecule has 0 aromatic heterocycles. The molecule has 2 unspecified atom stereocenters. The molecule has 1 aliphatic heterocycles. The molecule has 0 aromatic carbocycles. The molecule has 1 fully saturated rings. The lowest BCUT2D eigenvalue weighted by atomic mass is 10.00. The molecule has 0 spiro atoms. The van der Waals surface area contributed by atoms with Crippen LogP contribution < -0.4 is 0 Å². The fourth-order valence-electron chi connectivity index (χ4n) is 1.29. The van der Waals surface area contributed by atoms with Crippen LogP contribution in [0.5, 0.6) is 0 Å². The predicted octanol–water partition coefficient (Wildman–Crippen LogP) is -3.92. The molecule has 102 valence electrons. The van der Waals surface area contributed by atoms with Crippen LogP contribution in [0.2, 0.25) is 0 Å². The van der Waals surface area contributed by atoms with Crippen LogP contribution in [-0.2, 0) is 18.8 Å². The Labute approximate surface area is 97.2 Å². The Morgan fingerprint density at radius 3 is 2.41 bits per heavy atom. The van der Waals surface area contributed by atoms with Gasteiger partial charge in [0.2, 0.25) is 0 Å². The van der Waals surface area contributed by atoms with Crippen molar-refractivity contribution in [3.63, 3.8) is 0 Å². The highest BCUT2D eigenvalue weighted by atomic mass is 32.3. The van der Waals surface area contributed by atoms with Gasteiger partial charge in [0.05, 0.1) is 13.2 Å². The maximum atomic E-state index is 10.9. The lowest BCUT2D eigenvalue weighted by Crippen LogP contribution is -2.55. The van der Waals surface area contributed by atoms with Gasteiger partial charge >= 0.3 is 10.4 Å². The first-order chi connectivity index (χ1) is 7.78. The Morgan fingerprint density at radius 2 is 1.88 bits per heavy atom. The molecule has 0 saturated carbocycles. The van der Waals surface area contributed by atoms with Gasteiger partial charge in [-0.3, -0.25) is 0 Å². The Hall–Kier alpha value is -0.330. The Bertz CT molecular complexity index is 341. The second-order valence-electron chi connectivity index (χ2n) is 3.55. The third kappa shape index (κ3) is 3.56. The summed E-state index contributed by atoms with van der Waals surface area (Å²) in [6.45, 7) is -1.48. The molecular formula is C7H14O9S. The van der Waals surface area contributed by atoms with E-state index in [0.717, 1.165) is 0 Å². The van der Waals surface area contributed by atoms with Crippen LogP contribution in [0.4, 0.5) is 0 Å². The Balaban J connectivity index is 2.76. The van der Waals surface area contributed by atoms with Crippen molar-refractivity contribution >= 4 is 10.4 Å². The monoisotopic (exact) mass is 274 g/mol. The smallest absolute Gasteiger partial charge is 0.394 e. The summed E-state index contributed by atoms with van der Waals surface area (Å²) >= 11 is 0. The molecule has 0 aliphatic carbocycles. The van der Waals surface area contributed by atoms with Gasteiger partial charge in [-0.05, 0) is 0 Å². The standard InChI is InChI=1S/C7H14O9S/c8-1-3(9)5(11)6(12)7-4(10)2-15-17(13,14)16-7/h3-12H,1-2H2/t3?,4-,5?,6+,7+/m1/s1. The van der Waals surface area contributed by atoms with Crippen LogP contribution in [0.25, 0.3) is 0 Å². The summed E-state index contributed by atoms with van der Waals surface area (Å²) in [5.41, 5.74) is 0. The van der Waals surface area contributed by atoms with E-state index in [1.807, 2.05) is 0 Å². The minimum atomic E-state index is -4.35. The van der Waals surface area contributed by atoms with Gasteiger partial charge in [-0.15, -0.1) is 0 Å². The van der Waals surface area contributed by atoms with E-state index in [1.165, 1.54) is 0 Å². The first kappa shape index (κ1) is 14.7. The van der Waals surface area contributed by atoms with E-state index in [0.29, 0.717) is 0 Å². The van der Waals surface area contributed by atoms with Gasteiger partial charge in [-0.1, -0.05) is 0 Å². The maximum Gasteiger partial charge on any atom is 0.400 e. The van der Waals surface area contributed by atoms with Gasteiger partial charge in [0.15, 0.2) is 0 Å². The van der Waals surface area contributed by atoms with Crippen LogP contribution in [0.3, 0.4) is 0 Å². The van der Waals surface area contributed by atoms with Crippen LogP contribution in [-0.4, -0.2) is 77.7 Å². The van der Waals surface area contributed by atoms with Crippen molar-refractivity contribution in [2.45, 2.75) is 30.5 Å². The van der Waals surface area contributed by atoms with Crippen molar-refractivity contribution in [2.24, 2.45) is 0 Å².